The maximum atomic E-state index is 12.9. The highest BCUT2D eigenvalue weighted by Gasteiger charge is 2.46. The molecule has 2 N–H and O–H groups in total. The quantitative estimate of drug-likeness (QED) is 0.806. The molecule has 6 heteroatoms. The molecule has 2 aromatic carbocycles. The molecule has 0 saturated carbocycles. The summed E-state index contributed by atoms with van der Waals surface area (Å²) in [5.41, 5.74) is 1.79. The number of phosphoric ester groups is 1. The molecule has 0 radical (unpaired) electrons. The third kappa shape index (κ3) is 3.44. The highest BCUT2D eigenvalue weighted by Crippen LogP contribution is 2.45. The average molecular weight is 348 g/mol. The van der Waals surface area contributed by atoms with Crippen LogP contribution in [0, 0.1) is 13.8 Å². The van der Waals surface area contributed by atoms with Crippen molar-refractivity contribution >= 4 is 13.8 Å². The summed E-state index contributed by atoms with van der Waals surface area (Å²) in [4.78, 5) is 31.2. The van der Waals surface area contributed by atoms with Crippen LogP contribution in [0.25, 0.3) is 0 Å². The topological polar surface area (TPSA) is 83.8 Å². The Hall–Kier alpha value is -1.94. The third-order valence-corrected chi connectivity index (χ3v) is 4.69. The first-order valence-corrected chi connectivity index (χ1v) is 9.17. The van der Waals surface area contributed by atoms with Crippen molar-refractivity contribution in [3.63, 3.8) is 0 Å². The zero-order chi connectivity index (χ0) is 18.0. The second kappa shape index (κ2) is 6.89. The van der Waals surface area contributed by atoms with E-state index < -0.39 is 19.2 Å². The fraction of sp³-hybridized carbons (Fsp3) is 0.278. The molecule has 0 fully saturated rings. The van der Waals surface area contributed by atoms with Gasteiger partial charge in [0.25, 0.3) is 0 Å². The Balaban J connectivity index is 2.78. The van der Waals surface area contributed by atoms with Gasteiger partial charge < -0.3 is 4.52 Å². The summed E-state index contributed by atoms with van der Waals surface area (Å²) >= 11 is 0. The van der Waals surface area contributed by atoms with Gasteiger partial charge in [0.05, 0.1) is 0 Å². The van der Waals surface area contributed by atoms with E-state index in [1.54, 1.807) is 31.2 Å². The summed E-state index contributed by atoms with van der Waals surface area (Å²) in [5.74, 6) is -0.943. The Morgan fingerprint density at radius 1 is 1.00 bits per heavy atom. The van der Waals surface area contributed by atoms with Crippen molar-refractivity contribution in [1.82, 2.24) is 0 Å². The molecular weight excluding hydrogens is 327 g/mol. The second-order valence-corrected chi connectivity index (χ2v) is 6.92. The number of carbonyl (C=O) groups is 1. The minimum atomic E-state index is -4.95. The first-order valence-electron chi connectivity index (χ1n) is 7.64. The molecule has 0 aliphatic rings. The van der Waals surface area contributed by atoms with Gasteiger partial charge in [0.1, 0.15) is 5.41 Å². The van der Waals surface area contributed by atoms with E-state index in [2.05, 4.69) is 4.52 Å². The van der Waals surface area contributed by atoms with Crippen molar-refractivity contribution in [2.24, 2.45) is 0 Å². The predicted molar refractivity (Wildman–Crippen MR) is 91.6 cm³/mol. The SMILES string of the molecule is CCC(C(=O)OP(=O)(O)O)(c1ccccc1C)c1ccccc1C. The third-order valence-electron chi connectivity index (χ3n) is 4.29. The molecule has 5 nitrogen and oxygen atoms in total. The monoisotopic (exact) mass is 348 g/mol. The molecule has 0 saturated heterocycles. The highest BCUT2D eigenvalue weighted by molar-refractivity contribution is 7.46. The van der Waals surface area contributed by atoms with Crippen molar-refractivity contribution in [1.29, 1.82) is 0 Å². The maximum absolute atomic E-state index is 12.9. The maximum Gasteiger partial charge on any atom is 0.527 e. The van der Waals surface area contributed by atoms with E-state index in [1.165, 1.54) is 0 Å². The highest BCUT2D eigenvalue weighted by atomic mass is 31.2. The lowest BCUT2D eigenvalue weighted by Crippen LogP contribution is -2.39. The minimum Gasteiger partial charge on any atom is -0.370 e. The molecule has 2 rings (SSSR count). The molecule has 128 valence electrons. The average Bonchev–Trinajstić information content (AvgIpc) is 2.50. The van der Waals surface area contributed by atoms with Crippen LogP contribution in [0.2, 0.25) is 0 Å². The summed E-state index contributed by atoms with van der Waals surface area (Å²) in [5, 5.41) is 0. The van der Waals surface area contributed by atoms with Crippen LogP contribution in [-0.4, -0.2) is 15.8 Å². The first kappa shape index (κ1) is 18.4. The molecule has 0 unspecified atom stereocenters. The summed E-state index contributed by atoms with van der Waals surface area (Å²) < 4.78 is 15.8. The van der Waals surface area contributed by atoms with Crippen LogP contribution in [0.15, 0.2) is 48.5 Å². The van der Waals surface area contributed by atoms with Crippen LogP contribution in [0.1, 0.15) is 35.6 Å². The Morgan fingerprint density at radius 3 is 1.75 bits per heavy atom. The van der Waals surface area contributed by atoms with Crippen LogP contribution in [0.4, 0.5) is 0 Å². The molecule has 0 aliphatic carbocycles. The van der Waals surface area contributed by atoms with Gasteiger partial charge in [-0.2, -0.15) is 0 Å². The van der Waals surface area contributed by atoms with Crippen molar-refractivity contribution in [3.8, 4) is 0 Å². The van der Waals surface area contributed by atoms with Crippen molar-refractivity contribution < 1.29 is 23.7 Å². The molecule has 0 bridgehead atoms. The first-order chi connectivity index (χ1) is 11.2. The van der Waals surface area contributed by atoms with Gasteiger partial charge in [0.15, 0.2) is 0 Å². The van der Waals surface area contributed by atoms with Gasteiger partial charge in [0.2, 0.25) is 0 Å². The standard InChI is InChI=1S/C18H21O5P/c1-4-18(17(19)23-24(20,21)22,15-11-7-5-9-13(15)2)16-12-8-6-10-14(16)3/h5-12H,4H2,1-3H3,(H2,20,21,22). The van der Waals surface area contributed by atoms with Crippen LogP contribution < -0.4 is 0 Å². The van der Waals surface area contributed by atoms with Gasteiger partial charge in [0, 0.05) is 0 Å². The van der Waals surface area contributed by atoms with E-state index in [0.717, 1.165) is 11.1 Å². The van der Waals surface area contributed by atoms with E-state index in [0.29, 0.717) is 17.5 Å². The largest absolute Gasteiger partial charge is 0.527 e. The number of aryl methyl sites for hydroxylation is 2. The van der Waals surface area contributed by atoms with Gasteiger partial charge in [-0.05, 0) is 42.5 Å². The van der Waals surface area contributed by atoms with E-state index in [9.17, 15) is 9.36 Å². The number of benzene rings is 2. The molecule has 0 atom stereocenters. The van der Waals surface area contributed by atoms with Crippen LogP contribution in [0.3, 0.4) is 0 Å². The van der Waals surface area contributed by atoms with Crippen LogP contribution in [0.5, 0.6) is 0 Å². The van der Waals surface area contributed by atoms with Gasteiger partial charge >= 0.3 is 13.8 Å². The zero-order valence-electron chi connectivity index (χ0n) is 13.9. The van der Waals surface area contributed by atoms with Gasteiger partial charge in [-0.1, -0.05) is 55.5 Å². The second-order valence-electron chi connectivity index (χ2n) is 5.76. The molecule has 0 aliphatic heterocycles. The van der Waals surface area contributed by atoms with Crippen molar-refractivity contribution in [2.75, 3.05) is 0 Å². The fourth-order valence-corrected chi connectivity index (χ4v) is 3.55. The lowest BCUT2D eigenvalue weighted by Gasteiger charge is -2.34. The normalized spacial score (nSPS) is 12.0. The number of rotatable bonds is 5. The molecule has 24 heavy (non-hydrogen) atoms. The molecule has 2 aromatic rings. The lowest BCUT2D eigenvalue weighted by atomic mass is 9.69. The number of phosphoric acid groups is 1. The Labute approximate surface area is 141 Å². The number of carbonyl (C=O) groups excluding carboxylic acids is 1. The summed E-state index contributed by atoms with van der Waals surface area (Å²) in [6.45, 7) is 5.53. The van der Waals surface area contributed by atoms with E-state index in [4.69, 9.17) is 9.79 Å². The molecular formula is C18H21O5P. The zero-order valence-corrected chi connectivity index (χ0v) is 14.8. The van der Waals surface area contributed by atoms with Crippen molar-refractivity contribution in [3.05, 3.63) is 70.8 Å². The summed E-state index contributed by atoms with van der Waals surface area (Å²) in [6.07, 6.45) is 0.307. The molecule has 0 aromatic heterocycles. The van der Waals surface area contributed by atoms with Crippen LogP contribution in [-0.2, 0) is 19.3 Å². The molecule has 0 spiro atoms. The van der Waals surface area contributed by atoms with E-state index in [1.807, 2.05) is 38.1 Å². The Kier molecular flexibility index (Phi) is 5.29. The Bertz CT molecular complexity index is 748. The predicted octanol–water partition coefficient (Wildman–Crippen LogP) is 3.64. The van der Waals surface area contributed by atoms with E-state index in [-0.39, 0.29) is 0 Å². The van der Waals surface area contributed by atoms with E-state index >= 15 is 0 Å². The minimum absolute atomic E-state index is 0.307. The number of hydrogen-bond donors (Lipinski definition) is 2. The molecule has 0 heterocycles. The Morgan fingerprint density at radius 2 is 1.42 bits per heavy atom. The fourth-order valence-electron chi connectivity index (χ4n) is 3.18. The number of hydrogen-bond acceptors (Lipinski definition) is 3. The molecule has 0 amide bonds. The summed E-state index contributed by atoms with van der Waals surface area (Å²) in [6, 6.07) is 14.6. The lowest BCUT2D eigenvalue weighted by molar-refractivity contribution is -0.140. The van der Waals surface area contributed by atoms with Gasteiger partial charge in [-0.15, -0.1) is 0 Å². The van der Waals surface area contributed by atoms with Crippen LogP contribution >= 0.6 is 7.82 Å². The smallest absolute Gasteiger partial charge is 0.370 e. The summed E-state index contributed by atoms with van der Waals surface area (Å²) in [7, 11) is -4.95. The van der Waals surface area contributed by atoms with Crippen molar-refractivity contribution in [2.45, 2.75) is 32.6 Å². The van der Waals surface area contributed by atoms with Gasteiger partial charge in [-0.25, -0.2) is 4.57 Å². The van der Waals surface area contributed by atoms with Gasteiger partial charge in [-0.3, -0.25) is 14.6 Å².